The number of amides is 2. The third-order valence-corrected chi connectivity index (χ3v) is 1.15. The van der Waals surface area contributed by atoms with Crippen molar-refractivity contribution in [3.05, 3.63) is 24.0 Å². The van der Waals surface area contributed by atoms with Crippen molar-refractivity contribution in [1.82, 2.24) is 10.3 Å². The Labute approximate surface area is 63.6 Å². The number of carbonyl (C=O) groups excluding carboxylic acids is 2. The molecule has 0 bridgehead atoms. The highest BCUT2D eigenvalue weighted by atomic mass is 16.2. The Morgan fingerprint density at radius 2 is 2.27 bits per heavy atom. The molecule has 4 nitrogen and oxygen atoms in total. The van der Waals surface area contributed by atoms with E-state index in [2.05, 4.69) is 10.3 Å². The molecule has 0 aromatic carbocycles. The molecule has 0 fully saturated rings. The Morgan fingerprint density at radius 1 is 1.55 bits per heavy atom. The van der Waals surface area contributed by atoms with Crippen LogP contribution in [0.25, 0.3) is 0 Å². The Morgan fingerprint density at radius 3 is 2.73 bits per heavy atom. The molecule has 1 aromatic rings. The van der Waals surface area contributed by atoms with Crippen molar-refractivity contribution >= 4 is 11.8 Å². The molecule has 0 saturated heterocycles. The number of H-pyrrole nitrogens is 1. The standard InChI is InChI=1S/C7H8N2O2/c1-5(10)9-7(11)6-2-3-8-4-6/h2-4,8H,1H3,(H,9,10,11). The van der Waals surface area contributed by atoms with Gasteiger partial charge in [0.05, 0.1) is 5.56 Å². The topological polar surface area (TPSA) is 62.0 Å². The van der Waals surface area contributed by atoms with E-state index in [1.165, 1.54) is 13.1 Å². The molecule has 1 rings (SSSR count). The van der Waals surface area contributed by atoms with Gasteiger partial charge in [0.1, 0.15) is 0 Å². The molecule has 0 aliphatic carbocycles. The van der Waals surface area contributed by atoms with Crippen LogP contribution in [0.5, 0.6) is 0 Å². The molecule has 1 aromatic heterocycles. The third kappa shape index (κ3) is 1.93. The van der Waals surface area contributed by atoms with Crippen LogP contribution in [0, 0.1) is 0 Å². The summed E-state index contributed by atoms with van der Waals surface area (Å²) in [5, 5.41) is 2.15. The molecule has 2 N–H and O–H groups in total. The maximum absolute atomic E-state index is 11.0. The van der Waals surface area contributed by atoms with Crippen LogP contribution in [0.2, 0.25) is 0 Å². The summed E-state index contributed by atoms with van der Waals surface area (Å²) in [4.78, 5) is 24.1. The van der Waals surface area contributed by atoms with Crippen molar-refractivity contribution in [3.8, 4) is 0 Å². The van der Waals surface area contributed by atoms with Gasteiger partial charge >= 0.3 is 0 Å². The van der Waals surface area contributed by atoms with E-state index in [0.717, 1.165) is 0 Å². The van der Waals surface area contributed by atoms with E-state index in [9.17, 15) is 9.59 Å². The molecule has 11 heavy (non-hydrogen) atoms. The van der Waals surface area contributed by atoms with Crippen LogP contribution < -0.4 is 5.32 Å². The maximum atomic E-state index is 11.0. The van der Waals surface area contributed by atoms with Crippen LogP contribution in [-0.2, 0) is 4.79 Å². The summed E-state index contributed by atoms with van der Waals surface area (Å²) in [6.07, 6.45) is 3.15. The average molecular weight is 152 g/mol. The minimum Gasteiger partial charge on any atom is -0.367 e. The molecule has 2 amide bonds. The predicted octanol–water partition coefficient (Wildman–Crippen LogP) is 0.291. The van der Waals surface area contributed by atoms with Gasteiger partial charge in [-0.2, -0.15) is 0 Å². The molecule has 0 aliphatic heterocycles. The van der Waals surface area contributed by atoms with Gasteiger partial charge in [-0.3, -0.25) is 14.9 Å². The molecule has 58 valence electrons. The molecule has 1 heterocycles. The number of nitrogens with one attached hydrogen (secondary N) is 2. The van der Waals surface area contributed by atoms with Gasteiger partial charge in [-0.25, -0.2) is 0 Å². The zero-order chi connectivity index (χ0) is 8.27. The third-order valence-electron chi connectivity index (χ3n) is 1.15. The second kappa shape index (κ2) is 3.01. The predicted molar refractivity (Wildman–Crippen MR) is 38.9 cm³/mol. The normalized spacial score (nSPS) is 9.18. The molecular formula is C7H8N2O2. The molecule has 0 spiro atoms. The smallest absolute Gasteiger partial charge is 0.259 e. The van der Waals surface area contributed by atoms with Gasteiger partial charge in [0.2, 0.25) is 5.91 Å². The molecule has 0 aliphatic rings. The van der Waals surface area contributed by atoms with Crippen LogP contribution >= 0.6 is 0 Å². The quantitative estimate of drug-likeness (QED) is 0.607. The van der Waals surface area contributed by atoms with Gasteiger partial charge in [0, 0.05) is 19.3 Å². The summed E-state index contributed by atoms with van der Waals surface area (Å²) in [6, 6.07) is 1.60. The van der Waals surface area contributed by atoms with Crippen molar-refractivity contribution in [1.29, 1.82) is 0 Å². The molecule has 4 heteroatoms. The number of rotatable bonds is 1. The monoisotopic (exact) mass is 152 g/mol. The van der Waals surface area contributed by atoms with Crippen molar-refractivity contribution < 1.29 is 9.59 Å². The summed E-state index contributed by atoms with van der Waals surface area (Å²) >= 11 is 0. The van der Waals surface area contributed by atoms with Gasteiger partial charge in [0.15, 0.2) is 0 Å². The Balaban J connectivity index is 2.64. The Hall–Kier alpha value is -1.58. The Bertz CT molecular complexity index is 264. The first-order valence-electron chi connectivity index (χ1n) is 3.15. The number of aromatic nitrogens is 1. The van der Waals surface area contributed by atoms with Gasteiger partial charge in [-0.15, -0.1) is 0 Å². The highest BCUT2D eigenvalue weighted by molar-refractivity contribution is 6.03. The molecule has 0 atom stereocenters. The highest BCUT2D eigenvalue weighted by Gasteiger charge is 2.05. The number of hydrogen-bond donors (Lipinski definition) is 2. The fourth-order valence-corrected chi connectivity index (χ4v) is 0.697. The van der Waals surface area contributed by atoms with E-state index in [1.807, 2.05) is 0 Å². The van der Waals surface area contributed by atoms with E-state index in [4.69, 9.17) is 0 Å². The summed E-state index contributed by atoms with van der Waals surface area (Å²) in [6.45, 7) is 1.30. The van der Waals surface area contributed by atoms with E-state index < -0.39 is 0 Å². The zero-order valence-electron chi connectivity index (χ0n) is 6.05. The number of imide groups is 1. The van der Waals surface area contributed by atoms with Gasteiger partial charge in [-0.1, -0.05) is 0 Å². The van der Waals surface area contributed by atoms with Crippen molar-refractivity contribution in [2.24, 2.45) is 0 Å². The first-order chi connectivity index (χ1) is 5.20. The first-order valence-corrected chi connectivity index (χ1v) is 3.15. The lowest BCUT2D eigenvalue weighted by Gasteiger charge is -1.95. The van der Waals surface area contributed by atoms with Crippen LogP contribution in [0.15, 0.2) is 18.5 Å². The van der Waals surface area contributed by atoms with Crippen molar-refractivity contribution in [2.45, 2.75) is 6.92 Å². The summed E-state index contributed by atoms with van der Waals surface area (Å²) in [5.74, 6) is -0.727. The van der Waals surface area contributed by atoms with E-state index in [-0.39, 0.29) is 11.8 Å². The molecule has 0 radical (unpaired) electrons. The van der Waals surface area contributed by atoms with E-state index in [0.29, 0.717) is 5.56 Å². The lowest BCUT2D eigenvalue weighted by atomic mass is 10.3. The summed E-state index contributed by atoms with van der Waals surface area (Å²) in [5.41, 5.74) is 0.459. The average Bonchev–Trinajstić information content (AvgIpc) is 2.35. The van der Waals surface area contributed by atoms with Crippen LogP contribution in [-0.4, -0.2) is 16.8 Å². The minimum atomic E-state index is -0.376. The fourth-order valence-electron chi connectivity index (χ4n) is 0.697. The highest BCUT2D eigenvalue weighted by Crippen LogP contribution is 1.94. The van der Waals surface area contributed by atoms with Crippen molar-refractivity contribution in [2.75, 3.05) is 0 Å². The van der Waals surface area contributed by atoms with Crippen LogP contribution in [0.1, 0.15) is 17.3 Å². The summed E-state index contributed by atoms with van der Waals surface area (Å²) in [7, 11) is 0. The van der Waals surface area contributed by atoms with Crippen LogP contribution in [0.3, 0.4) is 0 Å². The summed E-state index contributed by atoms with van der Waals surface area (Å²) < 4.78 is 0. The maximum Gasteiger partial charge on any atom is 0.259 e. The first kappa shape index (κ1) is 7.53. The molecule has 0 unspecified atom stereocenters. The fraction of sp³-hybridized carbons (Fsp3) is 0.143. The lowest BCUT2D eigenvalue weighted by molar-refractivity contribution is -0.118. The van der Waals surface area contributed by atoms with Gasteiger partial charge < -0.3 is 4.98 Å². The second-order valence-electron chi connectivity index (χ2n) is 2.11. The lowest BCUT2D eigenvalue weighted by Crippen LogP contribution is -2.27. The number of hydrogen-bond acceptors (Lipinski definition) is 2. The second-order valence-corrected chi connectivity index (χ2v) is 2.11. The van der Waals surface area contributed by atoms with Gasteiger partial charge in [0.25, 0.3) is 5.91 Å². The SMILES string of the molecule is CC(=O)NC(=O)c1cc[nH]c1. The van der Waals surface area contributed by atoms with E-state index >= 15 is 0 Å². The number of aromatic amines is 1. The van der Waals surface area contributed by atoms with Crippen LogP contribution in [0.4, 0.5) is 0 Å². The van der Waals surface area contributed by atoms with Crippen molar-refractivity contribution in [3.63, 3.8) is 0 Å². The Kier molecular flexibility index (Phi) is 2.06. The largest absolute Gasteiger partial charge is 0.367 e. The number of carbonyl (C=O) groups is 2. The zero-order valence-corrected chi connectivity index (χ0v) is 6.05. The van der Waals surface area contributed by atoms with E-state index in [1.54, 1.807) is 12.3 Å². The molecule has 0 saturated carbocycles. The van der Waals surface area contributed by atoms with Gasteiger partial charge in [-0.05, 0) is 6.07 Å². The molecular weight excluding hydrogens is 144 g/mol. The minimum absolute atomic E-state index is 0.351.